The summed E-state index contributed by atoms with van der Waals surface area (Å²) >= 11 is 0. The first-order chi connectivity index (χ1) is 21.8. The molecule has 1 aliphatic rings. The highest BCUT2D eigenvalue weighted by Crippen LogP contribution is 2.45. The molecule has 0 aliphatic heterocycles. The molecule has 1 aliphatic carbocycles. The van der Waals surface area contributed by atoms with Gasteiger partial charge in [-0.15, -0.1) is 0 Å². The van der Waals surface area contributed by atoms with Crippen molar-refractivity contribution >= 4 is 37.9 Å². The van der Waals surface area contributed by atoms with E-state index in [4.69, 9.17) is 0 Å². The van der Waals surface area contributed by atoms with Gasteiger partial charge < -0.3 is 0 Å². The van der Waals surface area contributed by atoms with Gasteiger partial charge in [-0.05, 0) is 115 Å². The van der Waals surface area contributed by atoms with E-state index in [1.54, 1.807) is 0 Å². The van der Waals surface area contributed by atoms with Gasteiger partial charge in [-0.1, -0.05) is 131 Å². The Labute approximate surface area is 267 Å². The van der Waals surface area contributed by atoms with Gasteiger partial charge in [0.25, 0.3) is 0 Å². The molecule has 0 atom stereocenters. The largest absolute Gasteiger partial charge is 0.256 e. The number of aromatic nitrogens is 1. The normalized spacial score (nSPS) is 14.2. The molecule has 0 unspecified atom stereocenters. The molecular formula is C44H39N. The number of hydrogen-bond donors (Lipinski definition) is 0. The first-order valence-corrected chi connectivity index (χ1v) is 16.0. The summed E-state index contributed by atoms with van der Waals surface area (Å²) in [4.78, 5) is 4.57. The van der Waals surface area contributed by atoms with Crippen molar-refractivity contribution in [3.8, 4) is 22.4 Å². The van der Waals surface area contributed by atoms with E-state index < -0.39 is 0 Å². The predicted octanol–water partition coefficient (Wildman–Crippen LogP) is 12.4. The molecule has 0 saturated carbocycles. The van der Waals surface area contributed by atoms with Gasteiger partial charge in [-0.3, -0.25) is 4.98 Å². The lowest BCUT2D eigenvalue weighted by atomic mass is 9.80. The average Bonchev–Trinajstić information content (AvgIpc) is 3.07. The maximum absolute atomic E-state index is 4.57. The maximum Gasteiger partial charge on any atom is 0.0701 e. The van der Waals surface area contributed by atoms with E-state index in [-0.39, 0.29) is 5.41 Å². The molecule has 0 spiro atoms. The molecule has 0 fully saturated rings. The highest BCUT2D eigenvalue weighted by Gasteiger charge is 2.21. The van der Waals surface area contributed by atoms with Crippen LogP contribution in [0.2, 0.25) is 0 Å². The van der Waals surface area contributed by atoms with Crippen LogP contribution < -0.4 is 0 Å². The van der Waals surface area contributed by atoms with E-state index in [0.717, 1.165) is 29.7 Å². The zero-order valence-corrected chi connectivity index (χ0v) is 26.7. The summed E-state index contributed by atoms with van der Waals surface area (Å²) in [5.41, 5.74) is 11.2. The molecule has 45 heavy (non-hydrogen) atoms. The Kier molecular flexibility index (Phi) is 7.34. The minimum absolute atomic E-state index is 0.0824. The quantitative estimate of drug-likeness (QED) is 0.141. The Morgan fingerprint density at radius 3 is 2.07 bits per heavy atom. The van der Waals surface area contributed by atoms with Crippen molar-refractivity contribution < 1.29 is 0 Å². The van der Waals surface area contributed by atoms with Crippen molar-refractivity contribution in [2.75, 3.05) is 0 Å². The molecule has 6 aromatic rings. The standard InChI is InChI=1S/C44H39N/c1-6-7-8-11-29(2)30-13-15-31(16-14-30)39-28-40(32-17-19-33(20-18-32)41-12-9-10-25-45-41)38-24-22-35-27-36(44(3,4)5)26-34-21-23-37(39)43(38)42(34)35/h6-13,15,17-28H,2,14,16H2,1,3-5H3/b7-6-,11-8-. The molecule has 1 nitrogen and oxygen atoms in total. The first kappa shape index (κ1) is 28.7. The van der Waals surface area contributed by atoms with Gasteiger partial charge in [-0.25, -0.2) is 0 Å². The Balaban J connectivity index is 1.44. The van der Waals surface area contributed by atoms with Crippen LogP contribution in [-0.2, 0) is 5.41 Å². The summed E-state index contributed by atoms with van der Waals surface area (Å²) in [6.45, 7) is 13.3. The Bertz CT molecular complexity index is 2160. The third kappa shape index (κ3) is 5.34. The molecule has 0 bridgehead atoms. The van der Waals surface area contributed by atoms with E-state index in [9.17, 15) is 0 Å². The summed E-state index contributed by atoms with van der Waals surface area (Å²) in [6, 6.07) is 31.6. The molecule has 7 rings (SSSR count). The summed E-state index contributed by atoms with van der Waals surface area (Å²) in [7, 11) is 0. The second-order valence-corrected chi connectivity index (χ2v) is 13.2. The zero-order chi connectivity index (χ0) is 31.1. The fourth-order valence-corrected chi connectivity index (χ4v) is 6.73. The molecule has 220 valence electrons. The van der Waals surface area contributed by atoms with Crippen LogP contribution >= 0.6 is 0 Å². The van der Waals surface area contributed by atoms with Gasteiger partial charge in [0.1, 0.15) is 0 Å². The molecule has 1 aromatic heterocycles. The van der Waals surface area contributed by atoms with Gasteiger partial charge >= 0.3 is 0 Å². The Morgan fingerprint density at radius 2 is 1.44 bits per heavy atom. The average molecular weight is 582 g/mol. The van der Waals surface area contributed by atoms with Crippen LogP contribution in [0, 0.1) is 0 Å². The summed E-state index contributed by atoms with van der Waals surface area (Å²) in [6.07, 6.45) is 16.7. The lowest BCUT2D eigenvalue weighted by molar-refractivity contribution is 0.591. The van der Waals surface area contributed by atoms with E-state index in [0.29, 0.717) is 0 Å². The lowest BCUT2D eigenvalue weighted by Crippen LogP contribution is -2.10. The van der Waals surface area contributed by atoms with Crippen LogP contribution in [0.3, 0.4) is 0 Å². The van der Waals surface area contributed by atoms with Gasteiger partial charge in [0.2, 0.25) is 0 Å². The van der Waals surface area contributed by atoms with Gasteiger partial charge in [0, 0.05) is 11.8 Å². The van der Waals surface area contributed by atoms with Crippen LogP contribution in [-0.4, -0.2) is 4.98 Å². The maximum atomic E-state index is 4.57. The first-order valence-electron chi connectivity index (χ1n) is 16.0. The van der Waals surface area contributed by atoms with Crippen LogP contribution in [0.15, 0.2) is 145 Å². The molecule has 5 aromatic carbocycles. The summed E-state index contributed by atoms with van der Waals surface area (Å²) < 4.78 is 0. The smallest absolute Gasteiger partial charge is 0.0701 e. The van der Waals surface area contributed by atoms with Crippen molar-refractivity contribution in [2.24, 2.45) is 0 Å². The number of pyridine rings is 1. The fraction of sp³-hybridized carbons (Fsp3) is 0.159. The summed E-state index contributed by atoms with van der Waals surface area (Å²) in [5.74, 6) is 0. The molecule has 1 heterocycles. The third-order valence-electron chi connectivity index (χ3n) is 9.25. The summed E-state index contributed by atoms with van der Waals surface area (Å²) in [5, 5.41) is 7.98. The van der Waals surface area contributed by atoms with E-state index in [1.807, 2.05) is 31.3 Å². The number of hydrogen-bond acceptors (Lipinski definition) is 1. The van der Waals surface area contributed by atoms with Gasteiger partial charge in [-0.2, -0.15) is 0 Å². The minimum atomic E-state index is 0.0824. The number of allylic oxidation sites excluding steroid dienone is 9. The number of benzene rings is 5. The second-order valence-electron chi connectivity index (χ2n) is 13.2. The highest BCUT2D eigenvalue weighted by molar-refractivity contribution is 6.27. The third-order valence-corrected chi connectivity index (χ3v) is 9.25. The van der Waals surface area contributed by atoms with Crippen molar-refractivity contribution in [1.29, 1.82) is 0 Å². The van der Waals surface area contributed by atoms with Crippen molar-refractivity contribution in [1.82, 2.24) is 4.98 Å². The molecule has 0 amide bonds. The minimum Gasteiger partial charge on any atom is -0.256 e. The molecular weight excluding hydrogens is 542 g/mol. The van der Waals surface area contributed by atoms with Crippen molar-refractivity contribution in [3.63, 3.8) is 0 Å². The van der Waals surface area contributed by atoms with E-state index in [1.165, 1.54) is 65.7 Å². The predicted molar refractivity (Wildman–Crippen MR) is 196 cm³/mol. The van der Waals surface area contributed by atoms with Crippen LogP contribution in [0.5, 0.6) is 0 Å². The van der Waals surface area contributed by atoms with Crippen LogP contribution in [0.25, 0.3) is 60.3 Å². The highest BCUT2D eigenvalue weighted by atomic mass is 14.7. The molecule has 0 radical (unpaired) electrons. The van der Waals surface area contributed by atoms with E-state index in [2.05, 4.69) is 136 Å². The van der Waals surface area contributed by atoms with Gasteiger partial charge in [0.05, 0.1) is 5.69 Å². The second kappa shape index (κ2) is 11.5. The monoisotopic (exact) mass is 581 g/mol. The van der Waals surface area contributed by atoms with E-state index >= 15 is 0 Å². The van der Waals surface area contributed by atoms with Crippen molar-refractivity contribution in [2.45, 2.75) is 46.0 Å². The Hall–Kier alpha value is -5.01. The molecule has 0 saturated heterocycles. The van der Waals surface area contributed by atoms with Crippen molar-refractivity contribution in [3.05, 3.63) is 156 Å². The Morgan fingerprint density at radius 1 is 0.733 bits per heavy atom. The lowest BCUT2D eigenvalue weighted by Gasteiger charge is -2.24. The SMILES string of the molecule is C=C(/C=C\C=C/C)C1=CC=C(c2cc(-c3ccc(-c4ccccn4)cc3)c3ccc4cc(C(C)(C)C)cc5ccc2c3c54)CC1. The number of rotatable bonds is 6. The van der Waals surface area contributed by atoms with Gasteiger partial charge in [0.15, 0.2) is 0 Å². The van der Waals surface area contributed by atoms with Crippen LogP contribution in [0.1, 0.15) is 51.7 Å². The number of nitrogens with zero attached hydrogens (tertiary/aromatic N) is 1. The topological polar surface area (TPSA) is 12.9 Å². The molecule has 0 N–H and O–H groups in total. The zero-order valence-electron chi connectivity index (χ0n) is 26.7. The van der Waals surface area contributed by atoms with Crippen LogP contribution in [0.4, 0.5) is 0 Å². The fourth-order valence-electron chi connectivity index (χ4n) is 6.73. The molecule has 1 heteroatoms.